The van der Waals surface area contributed by atoms with Gasteiger partial charge in [0.05, 0.1) is 12.0 Å². The summed E-state index contributed by atoms with van der Waals surface area (Å²) in [6, 6.07) is 1.95. The normalized spacial score (nSPS) is 12.6. The molecule has 0 saturated carbocycles. The summed E-state index contributed by atoms with van der Waals surface area (Å²) in [6.45, 7) is 5.08. The lowest BCUT2D eigenvalue weighted by Crippen LogP contribution is -2.29. The van der Waals surface area contributed by atoms with Crippen LogP contribution < -0.4 is 4.90 Å². The molecule has 90 valence electrons. The summed E-state index contributed by atoms with van der Waals surface area (Å²) in [6.07, 6.45) is 0. The van der Waals surface area contributed by atoms with Gasteiger partial charge in [-0.05, 0) is 13.8 Å². The van der Waals surface area contributed by atoms with Gasteiger partial charge in [-0.3, -0.25) is 0 Å². The van der Waals surface area contributed by atoms with Crippen molar-refractivity contribution in [2.45, 2.75) is 19.2 Å². The van der Waals surface area contributed by atoms with E-state index in [0.29, 0.717) is 13.2 Å². The van der Waals surface area contributed by atoms with E-state index in [0.717, 1.165) is 17.3 Å². The van der Waals surface area contributed by atoms with Crippen molar-refractivity contribution in [3.8, 4) is 0 Å². The minimum atomic E-state index is -0.0365. The van der Waals surface area contributed by atoms with E-state index in [-0.39, 0.29) is 5.38 Å². The Hall–Kier alpha value is -0.870. The van der Waals surface area contributed by atoms with Crippen LogP contribution in [0.4, 0.5) is 5.82 Å². The molecule has 0 aliphatic heterocycles. The first-order valence-electron chi connectivity index (χ1n) is 5.19. The van der Waals surface area contributed by atoms with Crippen molar-refractivity contribution in [1.29, 1.82) is 0 Å². The molecule has 1 heterocycles. The number of aromatic nitrogens is 2. The Kier molecular flexibility index (Phi) is 4.96. The van der Waals surface area contributed by atoms with Crippen molar-refractivity contribution in [2.75, 3.05) is 32.2 Å². The van der Waals surface area contributed by atoms with Gasteiger partial charge >= 0.3 is 0 Å². The Bertz CT molecular complexity index is 326. The molecule has 1 rings (SSSR count). The molecule has 0 bridgehead atoms. The molecular formula is C11H18ClN3O. The highest BCUT2D eigenvalue weighted by molar-refractivity contribution is 6.21. The molecule has 0 radical (unpaired) electrons. The highest BCUT2D eigenvalue weighted by Crippen LogP contribution is 2.12. The average molecular weight is 244 g/mol. The number of alkyl halides is 1. The second-order valence-corrected chi connectivity index (χ2v) is 4.47. The molecule has 0 aliphatic rings. The van der Waals surface area contributed by atoms with E-state index in [4.69, 9.17) is 16.3 Å². The highest BCUT2D eigenvalue weighted by Gasteiger charge is 2.10. The monoisotopic (exact) mass is 243 g/mol. The molecule has 0 spiro atoms. The molecule has 0 fully saturated rings. The Morgan fingerprint density at radius 3 is 2.69 bits per heavy atom. The minimum Gasteiger partial charge on any atom is -0.383 e. The number of halogens is 1. The van der Waals surface area contributed by atoms with Crippen LogP contribution in [0.25, 0.3) is 0 Å². The van der Waals surface area contributed by atoms with Gasteiger partial charge in [-0.1, -0.05) is 0 Å². The fourth-order valence-corrected chi connectivity index (χ4v) is 1.85. The van der Waals surface area contributed by atoms with E-state index < -0.39 is 0 Å². The third-order valence-electron chi connectivity index (χ3n) is 2.16. The number of hydrogen-bond acceptors (Lipinski definition) is 4. The smallest absolute Gasteiger partial charge is 0.132 e. The van der Waals surface area contributed by atoms with Gasteiger partial charge in [-0.2, -0.15) is 0 Å². The van der Waals surface area contributed by atoms with E-state index in [2.05, 4.69) is 9.97 Å². The van der Waals surface area contributed by atoms with Crippen LogP contribution in [0.5, 0.6) is 0 Å². The maximum absolute atomic E-state index is 6.10. The molecule has 1 aromatic rings. The molecule has 0 amide bonds. The molecule has 4 nitrogen and oxygen atoms in total. The Morgan fingerprint density at radius 2 is 2.12 bits per heavy atom. The number of rotatable bonds is 5. The molecule has 16 heavy (non-hydrogen) atoms. The van der Waals surface area contributed by atoms with E-state index in [9.17, 15) is 0 Å². The maximum Gasteiger partial charge on any atom is 0.132 e. The molecular weight excluding hydrogens is 226 g/mol. The Morgan fingerprint density at radius 1 is 1.44 bits per heavy atom. The molecule has 5 heteroatoms. The first-order chi connectivity index (χ1) is 7.52. The average Bonchev–Trinajstić information content (AvgIpc) is 2.16. The number of aryl methyl sites for hydroxylation is 2. The number of nitrogens with zero attached hydrogens (tertiary/aromatic N) is 3. The number of methoxy groups -OCH3 is 1. The Labute approximate surface area is 102 Å². The molecule has 1 atom stereocenters. The summed E-state index contributed by atoms with van der Waals surface area (Å²) in [5.74, 6) is 1.67. The highest BCUT2D eigenvalue weighted by atomic mass is 35.5. The van der Waals surface area contributed by atoms with E-state index in [1.165, 1.54) is 0 Å². The van der Waals surface area contributed by atoms with Gasteiger partial charge in [-0.15, -0.1) is 11.6 Å². The van der Waals surface area contributed by atoms with Crippen molar-refractivity contribution in [1.82, 2.24) is 9.97 Å². The summed E-state index contributed by atoms with van der Waals surface area (Å²) in [7, 11) is 3.61. The van der Waals surface area contributed by atoms with Gasteiger partial charge in [0, 0.05) is 32.5 Å². The van der Waals surface area contributed by atoms with Gasteiger partial charge in [0.2, 0.25) is 0 Å². The lowest BCUT2D eigenvalue weighted by molar-refractivity contribution is 0.199. The van der Waals surface area contributed by atoms with Crippen LogP contribution in [0.15, 0.2) is 6.07 Å². The van der Waals surface area contributed by atoms with Crippen molar-refractivity contribution in [3.63, 3.8) is 0 Å². The Balaban J connectivity index is 2.68. The van der Waals surface area contributed by atoms with E-state index in [1.807, 2.05) is 31.9 Å². The maximum atomic E-state index is 6.10. The number of ether oxygens (including phenoxy) is 1. The molecule has 1 unspecified atom stereocenters. The van der Waals surface area contributed by atoms with E-state index in [1.54, 1.807) is 7.11 Å². The van der Waals surface area contributed by atoms with Crippen molar-refractivity contribution in [2.24, 2.45) is 0 Å². The van der Waals surface area contributed by atoms with Crippen molar-refractivity contribution >= 4 is 17.4 Å². The van der Waals surface area contributed by atoms with Crippen LogP contribution in [0, 0.1) is 13.8 Å². The molecule has 1 aromatic heterocycles. The summed E-state index contributed by atoms with van der Waals surface area (Å²) < 4.78 is 5.00. The fourth-order valence-electron chi connectivity index (χ4n) is 1.52. The van der Waals surface area contributed by atoms with Crippen molar-refractivity contribution < 1.29 is 4.74 Å². The van der Waals surface area contributed by atoms with Crippen molar-refractivity contribution in [3.05, 3.63) is 17.6 Å². The molecule has 0 saturated heterocycles. The van der Waals surface area contributed by atoms with Gasteiger partial charge in [0.15, 0.2) is 0 Å². The predicted molar refractivity (Wildman–Crippen MR) is 66.3 cm³/mol. The van der Waals surface area contributed by atoms with Crippen LogP contribution in [-0.4, -0.2) is 42.7 Å². The second kappa shape index (κ2) is 6.01. The van der Waals surface area contributed by atoms with Crippen LogP contribution in [0.1, 0.15) is 11.5 Å². The van der Waals surface area contributed by atoms with Crippen LogP contribution in [0.3, 0.4) is 0 Å². The fraction of sp³-hybridized carbons (Fsp3) is 0.636. The second-order valence-electron chi connectivity index (χ2n) is 3.85. The minimum absolute atomic E-state index is 0.0365. The van der Waals surface area contributed by atoms with E-state index >= 15 is 0 Å². The van der Waals surface area contributed by atoms with Crippen LogP contribution in [0.2, 0.25) is 0 Å². The first kappa shape index (κ1) is 13.2. The lowest BCUT2D eigenvalue weighted by atomic mass is 10.3. The summed E-state index contributed by atoms with van der Waals surface area (Å²) >= 11 is 6.10. The molecule has 0 N–H and O–H groups in total. The number of hydrogen-bond donors (Lipinski definition) is 0. The largest absolute Gasteiger partial charge is 0.383 e. The molecule has 0 aliphatic carbocycles. The summed E-state index contributed by atoms with van der Waals surface area (Å²) in [5.41, 5.74) is 0.965. The predicted octanol–water partition coefficient (Wildman–Crippen LogP) is 1.78. The van der Waals surface area contributed by atoms with Gasteiger partial charge in [0.1, 0.15) is 11.6 Å². The van der Waals surface area contributed by atoms with Gasteiger partial charge in [-0.25, -0.2) is 9.97 Å². The summed E-state index contributed by atoms with van der Waals surface area (Å²) in [5, 5.41) is -0.0365. The first-order valence-corrected chi connectivity index (χ1v) is 5.63. The quantitative estimate of drug-likeness (QED) is 0.739. The van der Waals surface area contributed by atoms with Gasteiger partial charge < -0.3 is 9.64 Å². The standard InChI is InChI=1S/C11H18ClN3O/c1-8-5-11(14-9(2)13-8)15(3)6-10(12)7-16-4/h5,10H,6-7H2,1-4H3. The zero-order valence-corrected chi connectivity index (χ0v) is 11.0. The topological polar surface area (TPSA) is 38.2 Å². The van der Waals surface area contributed by atoms with Gasteiger partial charge in [0.25, 0.3) is 0 Å². The third-order valence-corrected chi connectivity index (χ3v) is 2.43. The number of anilines is 1. The zero-order valence-electron chi connectivity index (χ0n) is 10.2. The lowest BCUT2D eigenvalue weighted by Gasteiger charge is -2.21. The summed E-state index contributed by atoms with van der Waals surface area (Å²) in [4.78, 5) is 10.6. The van der Waals surface area contributed by atoms with Crippen LogP contribution in [-0.2, 0) is 4.74 Å². The SMILES string of the molecule is COCC(Cl)CN(C)c1cc(C)nc(C)n1. The molecule has 0 aromatic carbocycles. The van der Waals surface area contributed by atoms with Crippen LogP contribution >= 0.6 is 11.6 Å². The third kappa shape index (κ3) is 3.94. The zero-order chi connectivity index (χ0) is 12.1.